The van der Waals surface area contributed by atoms with Crippen molar-refractivity contribution in [2.24, 2.45) is 0 Å². The normalized spacial score (nSPS) is 10.8. The Labute approximate surface area is 92.8 Å². The van der Waals surface area contributed by atoms with Gasteiger partial charge in [0.05, 0.1) is 0 Å². The third-order valence-corrected chi connectivity index (χ3v) is 2.28. The SMILES string of the molecule is CCCCCCCCC(=O)/C=C\C(C)=O. The van der Waals surface area contributed by atoms with E-state index in [1.807, 2.05) is 0 Å². The van der Waals surface area contributed by atoms with Gasteiger partial charge in [0.25, 0.3) is 0 Å². The zero-order chi connectivity index (χ0) is 11.5. The van der Waals surface area contributed by atoms with Crippen LogP contribution in [0.1, 0.15) is 58.8 Å². The highest BCUT2D eigenvalue weighted by molar-refractivity contribution is 5.97. The van der Waals surface area contributed by atoms with Crippen molar-refractivity contribution in [1.82, 2.24) is 0 Å². The first-order valence-corrected chi connectivity index (χ1v) is 5.88. The average molecular weight is 210 g/mol. The molecular formula is C13H22O2. The van der Waals surface area contributed by atoms with Crippen LogP contribution in [0, 0.1) is 0 Å². The fraction of sp³-hybridized carbons (Fsp3) is 0.692. The number of allylic oxidation sites excluding steroid dienone is 2. The highest BCUT2D eigenvalue weighted by Crippen LogP contribution is 2.07. The van der Waals surface area contributed by atoms with E-state index in [4.69, 9.17) is 0 Å². The van der Waals surface area contributed by atoms with Crippen LogP contribution in [0.5, 0.6) is 0 Å². The maximum atomic E-state index is 11.2. The second kappa shape index (κ2) is 9.63. The van der Waals surface area contributed by atoms with E-state index in [0.717, 1.165) is 12.8 Å². The van der Waals surface area contributed by atoms with Crippen molar-refractivity contribution in [2.75, 3.05) is 0 Å². The van der Waals surface area contributed by atoms with Crippen LogP contribution in [-0.4, -0.2) is 11.6 Å². The number of hydrogen-bond acceptors (Lipinski definition) is 2. The number of hydrogen-bond donors (Lipinski definition) is 0. The standard InChI is InChI=1S/C13H22O2/c1-3-4-5-6-7-8-9-13(15)11-10-12(2)14/h10-11H,3-9H2,1-2H3/b11-10-. The minimum atomic E-state index is -0.0636. The Morgan fingerprint density at radius 2 is 1.53 bits per heavy atom. The van der Waals surface area contributed by atoms with Crippen LogP contribution in [0.25, 0.3) is 0 Å². The molecule has 0 saturated carbocycles. The summed E-state index contributed by atoms with van der Waals surface area (Å²) in [5.74, 6) is 0.00647. The second-order valence-corrected chi connectivity index (χ2v) is 3.93. The van der Waals surface area contributed by atoms with E-state index >= 15 is 0 Å². The number of unbranched alkanes of at least 4 members (excludes halogenated alkanes) is 5. The van der Waals surface area contributed by atoms with Crippen LogP contribution < -0.4 is 0 Å². The molecule has 0 amide bonds. The summed E-state index contributed by atoms with van der Waals surface area (Å²) in [6.45, 7) is 3.64. The van der Waals surface area contributed by atoms with Crippen LogP contribution in [-0.2, 0) is 9.59 Å². The summed E-state index contributed by atoms with van der Waals surface area (Å²) in [6, 6.07) is 0. The van der Waals surface area contributed by atoms with Crippen molar-refractivity contribution >= 4 is 11.6 Å². The van der Waals surface area contributed by atoms with Gasteiger partial charge in [-0.2, -0.15) is 0 Å². The Kier molecular flexibility index (Phi) is 9.04. The van der Waals surface area contributed by atoms with Crippen LogP contribution in [0.2, 0.25) is 0 Å². The van der Waals surface area contributed by atoms with Gasteiger partial charge in [0.15, 0.2) is 11.6 Å². The molecule has 86 valence electrons. The summed E-state index contributed by atoms with van der Waals surface area (Å²) in [7, 11) is 0. The molecule has 0 atom stereocenters. The van der Waals surface area contributed by atoms with Gasteiger partial charge in [-0.3, -0.25) is 9.59 Å². The van der Waals surface area contributed by atoms with E-state index in [2.05, 4.69) is 6.92 Å². The lowest BCUT2D eigenvalue weighted by Crippen LogP contribution is -1.94. The molecule has 0 bridgehead atoms. The molecule has 0 spiro atoms. The molecule has 0 aliphatic heterocycles. The molecule has 0 heterocycles. The summed E-state index contributed by atoms with van der Waals surface area (Å²) in [6.07, 6.45) is 10.4. The number of ketones is 2. The quantitative estimate of drug-likeness (QED) is 0.431. The van der Waals surface area contributed by atoms with Crippen LogP contribution in [0.3, 0.4) is 0 Å². The van der Waals surface area contributed by atoms with Gasteiger partial charge in [0.1, 0.15) is 0 Å². The molecule has 0 N–H and O–H groups in total. The van der Waals surface area contributed by atoms with Crippen molar-refractivity contribution < 1.29 is 9.59 Å². The Morgan fingerprint density at radius 1 is 0.933 bits per heavy atom. The lowest BCUT2D eigenvalue weighted by Gasteiger charge is -1.98. The molecule has 0 fully saturated rings. The molecule has 2 nitrogen and oxygen atoms in total. The lowest BCUT2D eigenvalue weighted by atomic mass is 10.1. The minimum absolute atomic E-state index is 0.0636. The summed E-state index contributed by atoms with van der Waals surface area (Å²) >= 11 is 0. The Hall–Kier alpha value is -0.920. The molecule has 0 rings (SSSR count). The van der Waals surface area contributed by atoms with E-state index in [1.165, 1.54) is 44.8 Å². The smallest absolute Gasteiger partial charge is 0.155 e. The first-order chi connectivity index (χ1) is 7.16. The predicted molar refractivity (Wildman–Crippen MR) is 62.8 cm³/mol. The van der Waals surface area contributed by atoms with Crippen molar-refractivity contribution in [3.63, 3.8) is 0 Å². The molecule has 0 aliphatic rings. The molecule has 0 aromatic rings. The van der Waals surface area contributed by atoms with Crippen molar-refractivity contribution in [3.8, 4) is 0 Å². The maximum absolute atomic E-state index is 11.2. The van der Waals surface area contributed by atoms with Gasteiger partial charge in [-0.25, -0.2) is 0 Å². The van der Waals surface area contributed by atoms with Gasteiger partial charge in [-0.1, -0.05) is 39.0 Å². The van der Waals surface area contributed by atoms with Crippen LogP contribution in [0.15, 0.2) is 12.2 Å². The van der Waals surface area contributed by atoms with Crippen LogP contribution >= 0.6 is 0 Å². The van der Waals surface area contributed by atoms with Gasteiger partial charge in [-0.15, -0.1) is 0 Å². The highest BCUT2D eigenvalue weighted by atomic mass is 16.1. The van der Waals surface area contributed by atoms with Gasteiger partial charge in [0, 0.05) is 6.42 Å². The van der Waals surface area contributed by atoms with Gasteiger partial charge >= 0.3 is 0 Å². The average Bonchev–Trinajstić information content (AvgIpc) is 2.20. The second-order valence-electron chi connectivity index (χ2n) is 3.93. The third kappa shape index (κ3) is 11.0. The Balaban J connectivity index is 3.35. The summed E-state index contributed by atoms with van der Waals surface area (Å²) in [5, 5.41) is 0. The van der Waals surface area contributed by atoms with Gasteiger partial charge in [0.2, 0.25) is 0 Å². The minimum Gasteiger partial charge on any atom is -0.295 e. The van der Waals surface area contributed by atoms with Gasteiger partial charge < -0.3 is 0 Å². The van der Waals surface area contributed by atoms with Gasteiger partial charge in [-0.05, 0) is 25.5 Å². The molecule has 0 radical (unpaired) electrons. The highest BCUT2D eigenvalue weighted by Gasteiger charge is 1.97. The first kappa shape index (κ1) is 14.1. The molecular weight excluding hydrogens is 188 g/mol. The van der Waals surface area contributed by atoms with Crippen molar-refractivity contribution in [1.29, 1.82) is 0 Å². The zero-order valence-electron chi connectivity index (χ0n) is 9.92. The van der Waals surface area contributed by atoms with E-state index < -0.39 is 0 Å². The largest absolute Gasteiger partial charge is 0.295 e. The van der Waals surface area contributed by atoms with Crippen molar-refractivity contribution in [3.05, 3.63) is 12.2 Å². The number of carbonyl (C=O) groups is 2. The van der Waals surface area contributed by atoms with E-state index in [9.17, 15) is 9.59 Å². The third-order valence-electron chi connectivity index (χ3n) is 2.28. The van der Waals surface area contributed by atoms with E-state index in [0.29, 0.717) is 6.42 Å². The Bertz CT molecular complexity index is 217. The molecule has 2 heteroatoms. The summed E-state index contributed by atoms with van der Waals surface area (Å²) in [5.41, 5.74) is 0. The number of carbonyl (C=O) groups excluding carboxylic acids is 2. The molecule has 0 aromatic carbocycles. The fourth-order valence-electron chi connectivity index (χ4n) is 1.37. The van der Waals surface area contributed by atoms with E-state index in [-0.39, 0.29) is 11.6 Å². The predicted octanol–water partition coefficient (Wildman–Crippen LogP) is 3.45. The lowest BCUT2D eigenvalue weighted by molar-refractivity contribution is -0.116. The van der Waals surface area contributed by atoms with Crippen LogP contribution in [0.4, 0.5) is 0 Å². The molecule has 15 heavy (non-hydrogen) atoms. The molecule has 0 saturated heterocycles. The van der Waals surface area contributed by atoms with E-state index in [1.54, 1.807) is 0 Å². The monoisotopic (exact) mass is 210 g/mol. The first-order valence-electron chi connectivity index (χ1n) is 5.88. The summed E-state index contributed by atoms with van der Waals surface area (Å²) < 4.78 is 0. The number of rotatable bonds is 9. The molecule has 0 aliphatic carbocycles. The maximum Gasteiger partial charge on any atom is 0.155 e. The molecule has 0 unspecified atom stereocenters. The van der Waals surface area contributed by atoms with Crippen molar-refractivity contribution in [2.45, 2.75) is 58.8 Å². The topological polar surface area (TPSA) is 34.1 Å². The molecule has 0 aromatic heterocycles. The fourth-order valence-corrected chi connectivity index (χ4v) is 1.37. The Morgan fingerprint density at radius 3 is 2.13 bits per heavy atom. The summed E-state index contributed by atoms with van der Waals surface area (Å²) in [4.78, 5) is 21.8. The zero-order valence-corrected chi connectivity index (χ0v) is 9.92.